The number of carbonyl (C=O) groups excluding carboxylic acids is 1. The molecule has 3 aromatic rings. The van der Waals surface area contributed by atoms with Crippen molar-refractivity contribution in [3.63, 3.8) is 0 Å². The zero-order valence-corrected chi connectivity index (χ0v) is 11.7. The van der Waals surface area contributed by atoms with E-state index in [1.807, 2.05) is 25.1 Å². The highest BCUT2D eigenvalue weighted by Gasteiger charge is 2.05. The van der Waals surface area contributed by atoms with Gasteiger partial charge in [0, 0.05) is 18.7 Å². The number of fused-ring (bicyclic) bond motifs is 1. The predicted molar refractivity (Wildman–Crippen MR) is 78.7 cm³/mol. The topological polar surface area (TPSA) is 88.5 Å². The van der Waals surface area contributed by atoms with Gasteiger partial charge in [-0.15, -0.1) is 0 Å². The summed E-state index contributed by atoms with van der Waals surface area (Å²) >= 11 is 0. The van der Waals surface area contributed by atoms with Crippen LogP contribution in [-0.2, 0) is 11.3 Å². The van der Waals surface area contributed by atoms with Crippen LogP contribution in [0.1, 0.15) is 18.7 Å². The highest BCUT2D eigenvalue weighted by Crippen LogP contribution is 2.17. The van der Waals surface area contributed by atoms with Crippen molar-refractivity contribution < 1.29 is 4.79 Å². The molecule has 0 unspecified atom stereocenters. The van der Waals surface area contributed by atoms with E-state index in [1.54, 1.807) is 11.0 Å². The molecule has 0 bridgehead atoms. The molecule has 0 aliphatic carbocycles. The van der Waals surface area contributed by atoms with E-state index >= 15 is 0 Å². The van der Waals surface area contributed by atoms with Crippen LogP contribution in [0.3, 0.4) is 0 Å². The van der Waals surface area contributed by atoms with Gasteiger partial charge in [-0.2, -0.15) is 5.10 Å². The first kappa shape index (κ1) is 13.3. The summed E-state index contributed by atoms with van der Waals surface area (Å²) in [4.78, 5) is 23.2. The minimum Gasteiger partial charge on any atom is -0.342 e. The molecular weight excluding hydrogens is 268 g/mol. The van der Waals surface area contributed by atoms with E-state index in [1.165, 1.54) is 6.33 Å². The van der Waals surface area contributed by atoms with Gasteiger partial charge in [0.2, 0.25) is 5.91 Å². The van der Waals surface area contributed by atoms with Gasteiger partial charge in [0.1, 0.15) is 18.5 Å². The smallest absolute Gasteiger partial charge is 0.224 e. The monoisotopic (exact) mass is 284 g/mol. The highest BCUT2D eigenvalue weighted by atomic mass is 16.1. The van der Waals surface area contributed by atoms with E-state index in [4.69, 9.17) is 0 Å². The summed E-state index contributed by atoms with van der Waals surface area (Å²) in [6.07, 6.45) is 4.30. The van der Waals surface area contributed by atoms with Gasteiger partial charge < -0.3 is 10.3 Å². The Morgan fingerprint density at radius 3 is 3.14 bits per heavy atom. The number of aryl methyl sites for hydroxylation is 2. The molecule has 0 radical (unpaired) electrons. The molecule has 0 saturated carbocycles. The molecule has 108 valence electrons. The van der Waals surface area contributed by atoms with E-state index in [0.29, 0.717) is 13.0 Å². The predicted octanol–water partition coefficient (Wildman–Crippen LogP) is 1.88. The largest absolute Gasteiger partial charge is 0.342 e. The summed E-state index contributed by atoms with van der Waals surface area (Å²) in [6.45, 7) is 2.59. The van der Waals surface area contributed by atoms with Gasteiger partial charge in [0.25, 0.3) is 0 Å². The molecule has 0 spiro atoms. The van der Waals surface area contributed by atoms with Crippen LogP contribution in [0.15, 0.2) is 30.9 Å². The molecule has 21 heavy (non-hydrogen) atoms. The summed E-state index contributed by atoms with van der Waals surface area (Å²) in [6, 6.07) is 5.65. The van der Waals surface area contributed by atoms with Crippen LogP contribution in [0.25, 0.3) is 11.0 Å². The van der Waals surface area contributed by atoms with Gasteiger partial charge in [-0.1, -0.05) is 0 Å². The number of carbonyl (C=O) groups is 1. The van der Waals surface area contributed by atoms with Crippen molar-refractivity contribution in [1.82, 2.24) is 24.7 Å². The minimum absolute atomic E-state index is 0.00861. The van der Waals surface area contributed by atoms with Gasteiger partial charge in [-0.3, -0.25) is 9.48 Å². The van der Waals surface area contributed by atoms with Gasteiger partial charge in [-0.25, -0.2) is 9.97 Å². The van der Waals surface area contributed by atoms with Crippen LogP contribution >= 0.6 is 0 Å². The number of aromatic nitrogens is 5. The van der Waals surface area contributed by atoms with E-state index in [0.717, 1.165) is 29.0 Å². The second-order valence-electron chi connectivity index (χ2n) is 4.86. The van der Waals surface area contributed by atoms with Crippen LogP contribution in [0, 0.1) is 6.92 Å². The number of nitrogens with zero attached hydrogens (tertiary/aromatic N) is 4. The first-order valence-corrected chi connectivity index (χ1v) is 6.79. The third kappa shape index (κ3) is 3.25. The van der Waals surface area contributed by atoms with Crippen molar-refractivity contribution in [2.24, 2.45) is 0 Å². The lowest BCUT2D eigenvalue weighted by molar-refractivity contribution is -0.116. The number of hydrogen-bond donors (Lipinski definition) is 2. The fourth-order valence-corrected chi connectivity index (χ4v) is 2.19. The summed E-state index contributed by atoms with van der Waals surface area (Å²) < 4.78 is 1.71. The maximum Gasteiger partial charge on any atom is 0.224 e. The van der Waals surface area contributed by atoms with Gasteiger partial charge in [-0.05, 0) is 31.5 Å². The Bertz CT molecular complexity index is 746. The maximum atomic E-state index is 11.9. The molecule has 0 aliphatic rings. The zero-order chi connectivity index (χ0) is 14.7. The van der Waals surface area contributed by atoms with E-state index in [9.17, 15) is 4.79 Å². The Hall–Kier alpha value is -2.70. The number of H-pyrrole nitrogens is 1. The van der Waals surface area contributed by atoms with Crippen molar-refractivity contribution in [3.8, 4) is 0 Å². The van der Waals surface area contributed by atoms with E-state index < -0.39 is 0 Å². The molecule has 2 N–H and O–H groups in total. The van der Waals surface area contributed by atoms with Crippen molar-refractivity contribution >= 4 is 22.6 Å². The lowest BCUT2D eigenvalue weighted by Crippen LogP contribution is -2.12. The van der Waals surface area contributed by atoms with E-state index in [-0.39, 0.29) is 5.91 Å². The van der Waals surface area contributed by atoms with Crippen LogP contribution in [-0.4, -0.2) is 30.6 Å². The zero-order valence-electron chi connectivity index (χ0n) is 11.7. The van der Waals surface area contributed by atoms with Crippen LogP contribution in [0.5, 0.6) is 0 Å². The van der Waals surface area contributed by atoms with Crippen molar-refractivity contribution in [2.75, 3.05) is 5.32 Å². The number of anilines is 1. The SMILES string of the molecule is Cc1nc2ccc(NC(=O)CCCn3cncn3)cc2[nH]1. The normalized spacial score (nSPS) is 10.9. The van der Waals surface area contributed by atoms with Crippen molar-refractivity contribution in [1.29, 1.82) is 0 Å². The number of aromatic amines is 1. The van der Waals surface area contributed by atoms with E-state index in [2.05, 4.69) is 25.4 Å². The molecule has 1 aromatic carbocycles. The van der Waals surface area contributed by atoms with Crippen LogP contribution < -0.4 is 5.32 Å². The fourth-order valence-electron chi connectivity index (χ4n) is 2.19. The summed E-state index contributed by atoms with van der Waals surface area (Å²) in [5.74, 6) is 0.854. The third-order valence-electron chi connectivity index (χ3n) is 3.14. The number of rotatable bonds is 5. The molecule has 0 saturated heterocycles. The average molecular weight is 284 g/mol. The molecular formula is C14H16N6O. The standard InChI is InChI=1S/C14H16N6O/c1-10-17-12-5-4-11(7-13(12)18-10)19-14(21)3-2-6-20-9-15-8-16-20/h4-5,7-9H,2-3,6H2,1H3,(H,17,18)(H,19,21). The molecule has 2 aromatic heterocycles. The fraction of sp³-hybridized carbons (Fsp3) is 0.286. The molecule has 2 heterocycles. The number of nitrogens with one attached hydrogen (secondary N) is 2. The number of hydrogen-bond acceptors (Lipinski definition) is 4. The second kappa shape index (κ2) is 5.74. The molecule has 3 rings (SSSR count). The Balaban J connectivity index is 1.55. The molecule has 0 atom stereocenters. The quantitative estimate of drug-likeness (QED) is 0.748. The third-order valence-corrected chi connectivity index (χ3v) is 3.14. The lowest BCUT2D eigenvalue weighted by Gasteiger charge is -2.05. The summed E-state index contributed by atoms with van der Waals surface area (Å²) in [5.41, 5.74) is 2.60. The molecule has 0 aliphatic heterocycles. The Morgan fingerprint density at radius 2 is 2.33 bits per heavy atom. The van der Waals surface area contributed by atoms with Crippen LogP contribution in [0.2, 0.25) is 0 Å². The van der Waals surface area contributed by atoms with Gasteiger partial charge in [0.15, 0.2) is 0 Å². The lowest BCUT2D eigenvalue weighted by atomic mass is 10.2. The Morgan fingerprint density at radius 1 is 1.43 bits per heavy atom. The first-order chi connectivity index (χ1) is 10.2. The minimum atomic E-state index is -0.00861. The Kier molecular flexibility index (Phi) is 3.63. The number of imidazole rings is 1. The Labute approximate surface area is 121 Å². The summed E-state index contributed by atoms with van der Waals surface area (Å²) in [7, 11) is 0. The molecule has 7 nitrogen and oxygen atoms in total. The molecule has 7 heteroatoms. The van der Waals surface area contributed by atoms with Gasteiger partial charge >= 0.3 is 0 Å². The highest BCUT2D eigenvalue weighted by molar-refractivity contribution is 5.92. The first-order valence-electron chi connectivity index (χ1n) is 6.79. The van der Waals surface area contributed by atoms with Crippen molar-refractivity contribution in [2.45, 2.75) is 26.3 Å². The second-order valence-corrected chi connectivity index (χ2v) is 4.86. The summed E-state index contributed by atoms with van der Waals surface area (Å²) in [5, 5.41) is 6.89. The number of amides is 1. The molecule has 0 fully saturated rings. The maximum absolute atomic E-state index is 11.9. The van der Waals surface area contributed by atoms with Crippen molar-refractivity contribution in [3.05, 3.63) is 36.7 Å². The average Bonchev–Trinajstić information content (AvgIpc) is 3.06. The van der Waals surface area contributed by atoms with Crippen LogP contribution in [0.4, 0.5) is 5.69 Å². The number of benzene rings is 1. The molecule has 1 amide bonds. The van der Waals surface area contributed by atoms with Gasteiger partial charge in [0.05, 0.1) is 11.0 Å².